The van der Waals surface area contributed by atoms with E-state index in [0.717, 1.165) is 31.2 Å². The molecule has 0 spiro atoms. The highest BCUT2D eigenvalue weighted by Crippen LogP contribution is 2.48. The van der Waals surface area contributed by atoms with Gasteiger partial charge in [0.1, 0.15) is 6.61 Å². The minimum atomic E-state index is -0.338. The lowest BCUT2D eigenvalue weighted by Crippen LogP contribution is -2.48. The second kappa shape index (κ2) is 8.84. The third-order valence-corrected chi connectivity index (χ3v) is 9.34. The maximum atomic E-state index is 13.4. The van der Waals surface area contributed by atoms with Crippen LogP contribution >= 0.6 is 0 Å². The van der Waals surface area contributed by atoms with E-state index in [4.69, 9.17) is 4.74 Å². The molecule has 3 aromatic carbocycles. The number of rotatable bonds is 5. The molecule has 3 fully saturated rings. The zero-order valence-electron chi connectivity index (χ0n) is 21.3. The first kappa shape index (κ1) is 23.2. The van der Waals surface area contributed by atoms with Gasteiger partial charge < -0.3 is 9.64 Å². The van der Waals surface area contributed by atoms with E-state index in [1.54, 1.807) is 0 Å². The topological polar surface area (TPSA) is 70.4 Å². The first-order chi connectivity index (χ1) is 18.6. The van der Waals surface area contributed by atoms with Gasteiger partial charge in [0, 0.05) is 29.5 Å². The molecule has 2 aliphatic heterocycles. The molecule has 4 aliphatic rings. The Bertz CT molecular complexity index is 1410. The van der Waals surface area contributed by atoms with Crippen LogP contribution in [0.15, 0.2) is 72.8 Å². The predicted molar refractivity (Wildman–Crippen MR) is 144 cm³/mol. The Hall–Kier alpha value is -3.91. The van der Waals surface area contributed by atoms with Crippen molar-refractivity contribution in [1.29, 1.82) is 5.26 Å². The zero-order chi connectivity index (χ0) is 25.9. The number of Topliss-reactive ketones (excluding diaryl/α,β-unsaturated/α-hetero) is 1. The van der Waals surface area contributed by atoms with Crippen LogP contribution in [0.5, 0.6) is 0 Å². The number of nitrogens with zero attached hydrogens (tertiary/aromatic N) is 2. The molecule has 0 N–H and O–H groups in total. The molecule has 1 saturated carbocycles. The molecule has 0 aromatic heterocycles. The highest BCUT2D eigenvalue weighted by molar-refractivity contribution is 5.98. The zero-order valence-corrected chi connectivity index (χ0v) is 21.3. The minimum Gasteiger partial charge on any atom is -0.448 e. The molecular weight excluding hydrogens is 472 g/mol. The van der Waals surface area contributed by atoms with Crippen molar-refractivity contribution < 1.29 is 14.3 Å². The highest BCUT2D eigenvalue weighted by atomic mass is 16.6. The van der Waals surface area contributed by atoms with Gasteiger partial charge in [-0.1, -0.05) is 72.8 Å². The Kier molecular flexibility index (Phi) is 5.40. The SMILES string of the molecule is N#CC1(c2ccc(C(=O)C3CC4CCC(C3)N4C(=O)OCC3c4ccccc4-c4ccccc43)cc2)CC1. The van der Waals surface area contributed by atoms with Crippen LogP contribution in [-0.4, -0.2) is 35.5 Å². The van der Waals surface area contributed by atoms with E-state index in [9.17, 15) is 14.9 Å². The summed E-state index contributed by atoms with van der Waals surface area (Å²) in [6.45, 7) is 0.321. The fourth-order valence-electron chi connectivity index (χ4n) is 7.14. The van der Waals surface area contributed by atoms with Gasteiger partial charge >= 0.3 is 6.09 Å². The molecule has 38 heavy (non-hydrogen) atoms. The average molecular weight is 503 g/mol. The summed E-state index contributed by atoms with van der Waals surface area (Å²) >= 11 is 0. The van der Waals surface area contributed by atoms with Crippen molar-refractivity contribution in [3.8, 4) is 17.2 Å². The fraction of sp³-hybridized carbons (Fsp3) is 0.364. The van der Waals surface area contributed by atoms with Crippen LogP contribution in [0, 0.1) is 17.2 Å². The maximum Gasteiger partial charge on any atom is 0.410 e. The van der Waals surface area contributed by atoms with Gasteiger partial charge in [0.25, 0.3) is 0 Å². The van der Waals surface area contributed by atoms with E-state index >= 15 is 0 Å². The number of ether oxygens (including phenoxy) is 1. The second-order valence-electron chi connectivity index (χ2n) is 11.4. The molecular formula is C33H30N2O3. The molecule has 5 nitrogen and oxygen atoms in total. The van der Waals surface area contributed by atoms with Gasteiger partial charge in [0.15, 0.2) is 5.78 Å². The molecule has 2 unspecified atom stereocenters. The molecule has 190 valence electrons. The van der Waals surface area contributed by atoms with E-state index in [-0.39, 0.29) is 41.2 Å². The number of nitriles is 1. The number of hydrogen-bond acceptors (Lipinski definition) is 4. The Labute approximate surface area is 223 Å². The second-order valence-corrected chi connectivity index (χ2v) is 11.4. The molecule has 5 heteroatoms. The molecule has 2 atom stereocenters. The first-order valence-corrected chi connectivity index (χ1v) is 13.8. The molecule has 7 rings (SSSR count). The minimum absolute atomic E-state index is 0.0434. The number of benzene rings is 3. The van der Waals surface area contributed by atoms with Gasteiger partial charge in [-0.25, -0.2) is 4.79 Å². The summed E-state index contributed by atoms with van der Waals surface area (Å²) in [6, 6.07) is 26.9. The lowest BCUT2D eigenvalue weighted by atomic mass is 9.84. The Morgan fingerprint density at radius 3 is 2.00 bits per heavy atom. The summed E-state index contributed by atoms with van der Waals surface area (Å²) in [5.74, 6) is 0.117. The third kappa shape index (κ3) is 3.66. The quantitative estimate of drug-likeness (QED) is 0.368. The van der Waals surface area contributed by atoms with Crippen molar-refractivity contribution in [2.75, 3.05) is 6.61 Å². The highest BCUT2D eigenvalue weighted by Gasteiger charge is 2.47. The van der Waals surface area contributed by atoms with Gasteiger partial charge in [-0.15, -0.1) is 0 Å². The molecule has 2 bridgehead atoms. The van der Waals surface area contributed by atoms with Crippen LogP contribution in [0.3, 0.4) is 0 Å². The summed E-state index contributed by atoms with van der Waals surface area (Å²) in [5, 5.41) is 9.45. The number of hydrogen-bond donors (Lipinski definition) is 0. The van der Waals surface area contributed by atoms with Gasteiger partial charge in [-0.2, -0.15) is 5.26 Å². The third-order valence-electron chi connectivity index (χ3n) is 9.34. The van der Waals surface area contributed by atoms with E-state index in [1.165, 1.54) is 22.3 Å². The molecule has 2 saturated heterocycles. The van der Waals surface area contributed by atoms with Crippen molar-refractivity contribution in [2.45, 2.75) is 61.9 Å². The number of piperidine rings is 1. The van der Waals surface area contributed by atoms with E-state index < -0.39 is 0 Å². The molecule has 0 radical (unpaired) electrons. The lowest BCUT2D eigenvalue weighted by Gasteiger charge is -2.37. The summed E-state index contributed by atoms with van der Waals surface area (Å²) < 4.78 is 5.98. The van der Waals surface area contributed by atoms with Crippen molar-refractivity contribution in [1.82, 2.24) is 4.90 Å². The van der Waals surface area contributed by atoms with Gasteiger partial charge in [-0.05, 0) is 66.3 Å². The van der Waals surface area contributed by atoms with E-state index in [0.29, 0.717) is 25.0 Å². The summed E-state index contributed by atoms with van der Waals surface area (Å²) in [4.78, 5) is 28.6. The van der Waals surface area contributed by atoms with Crippen molar-refractivity contribution >= 4 is 11.9 Å². The maximum absolute atomic E-state index is 13.4. The summed E-state index contributed by atoms with van der Waals surface area (Å²) in [6.07, 6.45) is 4.75. The first-order valence-electron chi connectivity index (χ1n) is 13.8. The largest absolute Gasteiger partial charge is 0.448 e. The fourth-order valence-corrected chi connectivity index (χ4v) is 7.14. The predicted octanol–water partition coefficient (Wildman–Crippen LogP) is 6.62. The van der Waals surface area contributed by atoms with Crippen molar-refractivity contribution in [2.24, 2.45) is 5.92 Å². The molecule has 2 heterocycles. The average Bonchev–Trinajstić information content (AvgIpc) is 3.64. The summed E-state index contributed by atoms with van der Waals surface area (Å²) in [5.41, 5.74) is 6.25. The van der Waals surface area contributed by atoms with Crippen LogP contribution < -0.4 is 0 Å². The standard InChI is InChI=1S/C33H30N2O3/c34-20-33(15-16-33)23-11-9-21(10-12-23)31(36)22-17-24-13-14-25(18-22)35(24)32(37)38-19-30-28-7-3-1-5-26(28)27-6-2-4-8-29(27)30/h1-12,22,24-25,30H,13-19H2. The van der Waals surface area contributed by atoms with Crippen LogP contribution in [0.2, 0.25) is 0 Å². The number of ketones is 1. The van der Waals surface area contributed by atoms with Crippen LogP contribution in [0.25, 0.3) is 11.1 Å². The Morgan fingerprint density at radius 2 is 1.45 bits per heavy atom. The Morgan fingerprint density at radius 1 is 0.868 bits per heavy atom. The number of fused-ring (bicyclic) bond motifs is 5. The molecule has 1 amide bonds. The lowest BCUT2D eigenvalue weighted by molar-refractivity contribution is 0.0506. The van der Waals surface area contributed by atoms with Crippen molar-refractivity contribution in [3.05, 3.63) is 95.1 Å². The number of carbonyl (C=O) groups is 2. The van der Waals surface area contributed by atoms with Crippen LogP contribution in [0.4, 0.5) is 4.79 Å². The normalized spacial score (nSPS) is 24.3. The Balaban J connectivity index is 1.02. The monoisotopic (exact) mass is 502 g/mol. The molecule has 2 aliphatic carbocycles. The summed E-state index contributed by atoms with van der Waals surface area (Å²) in [7, 11) is 0. The number of carbonyl (C=O) groups excluding carboxylic acids is 2. The van der Waals surface area contributed by atoms with E-state index in [2.05, 4.69) is 42.5 Å². The van der Waals surface area contributed by atoms with Gasteiger partial charge in [0.05, 0.1) is 11.5 Å². The van der Waals surface area contributed by atoms with Gasteiger partial charge in [-0.3, -0.25) is 4.79 Å². The smallest absolute Gasteiger partial charge is 0.410 e. The number of amides is 1. The van der Waals surface area contributed by atoms with E-state index in [1.807, 2.05) is 41.3 Å². The molecule has 3 aromatic rings. The van der Waals surface area contributed by atoms with Crippen LogP contribution in [0.1, 0.15) is 71.5 Å². The van der Waals surface area contributed by atoms with Gasteiger partial charge in [0.2, 0.25) is 0 Å². The van der Waals surface area contributed by atoms with Crippen molar-refractivity contribution in [3.63, 3.8) is 0 Å². The van der Waals surface area contributed by atoms with Crippen LogP contribution in [-0.2, 0) is 10.2 Å².